The predicted molar refractivity (Wildman–Crippen MR) is 143 cm³/mol. The molecule has 0 aliphatic carbocycles. The van der Waals surface area contributed by atoms with E-state index in [4.69, 9.17) is 0 Å². The highest BCUT2D eigenvalue weighted by molar-refractivity contribution is 7.93. The lowest BCUT2D eigenvalue weighted by atomic mass is 10.0. The molecular formula is C27H17F9N2O5S2. The van der Waals surface area contributed by atoms with Crippen LogP contribution in [0, 0.1) is 0 Å². The van der Waals surface area contributed by atoms with Crippen molar-refractivity contribution < 1.29 is 61.1 Å². The van der Waals surface area contributed by atoms with Crippen LogP contribution in [0.3, 0.4) is 0 Å². The normalized spacial score (nSPS) is 12.9. The third-order valence-electron chi connectivity index (χ3n) is 5.87. The Kier molecular flexibility index (Phi) is 8.78. The molecule has 0 aliphatic heterocycles. The smallest absolute Gasteiger partial charge is 0.406 e. The van der Waals surface area contributed by atoms with Crippen LogP contribution in [0.15, 0.2) is 101 Å². The Labute approximate surface area is 249 Å². The summed E-state index contributed by atoms with van der Waals surface area (Å²) in [6.45, 7) is 0. The molecule has 4 aromatic carbocycles. The van der Waals surface area contributed by atoms with Gasteiger partial charge < -0.3 is 4.74 Å². The predicted octanol–water partition coefficient (Wildman–Crippen LogP) is 7.89. The van der Waals surface area contributed by atoms with Crippen molar-refractivity contribution in [1.29, 1.82) is 0 Å². The Hall–Kier alpha value is -4.45. The van der Waals surface area contributed by atoms with E-state index in [9.17, 15) is 56.3 Å². The topological polar surface area (TPSA) is 102 Å². The molecule has 0 radical (unpaired) electrons. The SMILES string of the molecule is O=S(=O)(Nc1ccc(-c2ccc(OC(F)(F)F)cc2)cc1NS(=O)(=O)c1cccc(C(F)(F)F)c1)c1cccc(C(F)(F)F)c1. The third-order valence-corrected chi connectivity index (χ3v) is 8.60. The van der Waals surface area contributed by atoms with Gasteiger partial charge in [-0.3, -0.25) is 9.44 Å². The summed E-state index contributed by atoms with van der Waals surface area (Å²) in [4.78, 5) is -1.73. The fraction of sp³-hybridized carbons (Fsp3) is 0.111. The standard InChI is InChI=1S/C27H17F9N2O5S2/c28-25(29,30)18-3-1-5-21(14-18)44(39,40)37-23-12-9-17(16-7-10-20(11-8-16)43-27(34,35)36)13-24(23)38-45(41,42)22-6-2-4-19(15-22)26(31,32)33/h1-15,37-38H. The van der Waals surface area contributed by atoms with Gasteiger partial charge in [0.25, 0.3) is 20.0 Å². The van der Waals surface area contributed by atoms with E-state index in [-0.39, 0.29) is 11.1 Å². The summed E-state index contributed by atoms with van der Waals surface area (Å²) < 4.78 is 177. The molecule has 0 saturated heterocycles. The molecular weight excluding hydrogens is 667 g/mol. The monoisotopic (exact) mass is 684 g/mol. The zero-order valence-electron chi connectivity index (χ0n) is 21.9. The van der Waals surface area contributed by atoms with E-state index in [1.807, 2.05) is 9.44 Å². The summed E-state index contributed by atoms with van der Waals surface area (Å²) in [7, 11) is -9.69. The molecule has 4 aromatic rings. The number of anilines is 2. The summed E-state index contributed by atoms with van der Waals surface area (Å²) in [6, 6.07) is 12.5. The van der Waals surface area contributed by atoms with E-state index in [2.05, 4.69) is 4.74 Å². The molecule has 0 aliphatic rings. The van der Waals surface area contributed by atoms with Crippen LogP contribution in [-0.4, -0.2) is 23.2 Å². The fourth-order valence-electron chi connectivity index (χ4n) is 3.83. The fourth-order valence-corrected chi connectivity index (χ4v) is 6.07. The van der Waals surface area contributed by atoms with Gasteiger partial charge in [0.05, 0.1) is 32.3 Å². The number of alkyl halides is 9. The molecule has 0 spiro atoms. The van der Waals surface area contributed by atoms with Crippen molar-refractivity contribution in [3.63, 3.8) is 0 Å². The van der Waals surface area contributed by atoms with Crippen LogP contribution in [-0.2, 0) is 32.4 Å². The highest BCUT2D eigenvalue weighted by Gasteiger charge is 2.34. The number of rotatable bonds is 8. The molecule has 4 rings (SSSR count). The Morgan fingerprint density at radius 2 is 0.956 bits per heavy atom. The van der Waals surface area contributed by atoms with E-state index < -0.39 is 76.8 Å². The molecule has 0 aromatic heterocycles. The molecule has 0 heterocycles. The maximum atomic E-state index is 13.2. The van der Waals surface area contributed by atoms with Gasteiger partial charge in [-0.15, -0.1) is 13.2 Å². The largest absolute Gasteiger partial charge is 0.573 e. The van der Waals surface area contributed by atoms with Gasteiger partial charge in [0.15, 0.2) is 0 Å². The second-order valence-corrected chi connectivity index (χ2v) is 12.5. The van der Waals surface area contributed by atoms with Gasteiger partial charge in [-0.1, -0.05) is 30.3 Å². The highest BCUT2D eigenvalue weighted by Crippen LogP contribution is 2.36. The molecule has 0 fully saturated rings. The quantitative estimate of drug-likeness (QED) is 0.184. The molecule has 0 atom stereocenters. The minimum absolute atomic E-state index is 0.0808. The molecule has 0 saturated carbocycles. The van der Waals surface area contributed by atoms with Gasteiger partial charge in [0.2, 0.25) is 0 Å². The van der Waals surface area contributed by atoms with E-state index in [1.165, 1.54) is 6.07 Å². The van der Waals surface area contributed by atoms with Crippen LogP contribution in [0.1, 0.15) is 11.1 Å². The van der Waals surface area contributed by atoms with Crippen LogP contribution in [0.25, 0.3) is 11.1 Å². The molecule has 0 amide bonds. The van der Waals surface area contributed by atoms with Crippen LogP contribution in [0.4, 0.5) is 50.9 Å². The summed E-state index contributed by atoms with van der Waals surface area (Å²) >= 11 is 0. The lowest BCUT2D eigenvalue weighted by Gasteiger charge is -2.17. The van der Waals surface area contributed by atoms with Crippen LogP contribution < -0.4 is 14.2 Å². The lowest BCUT2D eigenvalue weighted by molar-refractivity contribution is -0.274. The first-order valence-corrected chi connectivity index (χ1v) is 15.0. The van der Waals surface area contributed by atoms with E-state index >= 15 is 0 Å². The van der Waals surface area contributed by atoms with Gasteiger partial charge in [-0.2, -0.15) is 26.3 Å². The Bertz CT molecular complexity index is 1920. The molecule has 0 bridgehead atoms. The summed E-state index contributed by atoms with van der Waals surface area (Å²) in [5.41, 5.74) is -3.51. The maximum absolute atomic E-state index is 13.2. The molecule has 2 N–H and O–H groups in total. The van der Waals surface area contributed by atoms with E-state index in [1.54, 1.807) is 0 Å². The number of ether oxygens (including phenoxy) is 1. The number of hydrogen-bond acceptors (Lipinski definition) is 5. The zero-order valence-corrected chi connectivity index (χ0v) is 23.6. The first-order valence-electron chi connectivity index (χ1n) is 12.0. The van der Waals surface area contributed by atoms with Crippen molar-refractivity contribution in [2.24, 2.45) is 0 Å². The Balaban J connectivity index is 1.78. The first-order chi connectivity index (χ1) is 20.6. The van der Waals surface area contributed by atoms with Gasteiger partial charge in [-0.05, 0) is 71.8 Å². The van der Waals surface area contributed by atoms with Crippen molar-refractivity contribution in [2.45, 2.75) is 28.5 Å². The highest BCUT2D eigenvalue weighted by atomic mass is 32.2. The maximum Gasteiger partial charge on any atom is 0.573 e. The van der Waals surface area contributed by atoms with Gasteiger partial charge in [0, 0.05) is 0 Å². The van der Waals surface area contributed by atoms with Crippen molar-refractivity contribution in [3.8, 4) is 16.9 Å². The van der Waals surface area contributed by atoms with Crippen LogP contribution in [0.5, 0.6) is 5.75 Å². The van der Waals surface area contributed by atoms with Gasteiger partial charge in [0.1, 0.15) is 5.75 Å². The van der Waals surface area contributed by atoms with E-state index in [0.717, 1.165) is 60.7 Å². The van der Waals surface area contributed by atoms with Crippen molar-refractivity contribution in [2.75, 3.05) is 9.44 Å². The molecule has 45 heavy (non-hydrogen) atoms. The molecule has 240 valence electrons. The number of sulfonamides is 2. The minimum atomic E-state index is -4.99. The summed E-state index contributed by atoms with van der Waals surface area (Å²) in [5.74, 6) is -0.595. The zero-order chi connectivity index (χ0) is 33.4. The Morgan fingerprint density at radius 3 is 1.40 bits per heavy atom. The number of benzene rings is 4. The molecule has 7 nitrogen and oxygen atoms in total. The Morgan fingerprint density at radius 1 is 0.511 bits per heavy atom. The first kappa shape index (κ1) is 33.4. The van der Waals surface area contributed by atoms with Crippen molar-refractivity contribution >= 4 is 31.4 Å². The average Bonchev–Trinajstić information content (AvgIpc) is 2.92. The lowest BCUT2D eigenvalue weighted by Crippen LogP contribution is -2.18. The van der Waals surface area contributed by atoms with Gasteiger partial charge in [-0.25, -0.2) is 16.8 Å². The van der Waals surface area contributed by atoms with Crippen molar-refractivity contribution in [3.05, 3.63) is 102 Å². The number of nitrogens with one attached hydrogen (secondary N) is 2. The number of hydrogen-bond donors (Lipinski definition) is 2. The summed E-state index contributed by atoms with van der Waals surface area (Å²) in [6.07, 6.45) is -14.8. The average molecular weight is 685 g/mol. The summed E-state index contributed by atoms with van der Waals surface area (Å²) in [5, 5.41) is 0. The second-order valence-electron chi connectivity index (χ2n) is 9.09. The van der Waals surface area contributed by atoms with Crippen LogP contribution >= 0.6 is 0 Å². The minimum Gasteiger partial charge on any atom is -0.406 e. The van der Waals surface area contributed by atoms with E-state index in [0.29, 0.717) is 24.3 Å². The second kappa shape index (κ2) is 11.8. The van der Waals surface area contributed by atoms with Crippen LogP contribution in [0.2, 0.25) is 0 Å². The number of halogens is 9. The van der Waals surface area contributed by atoms with Gasteiger partial charge >= 0.3 is 18.7 Å². The third kappa shape index (κ3) is 8.39. The molecule has 18 heteroatoms. The molecule has 0 unspecified atom stereocenters. The van der Waals surface area contributed by atoms with Crippen molar-refractivity contribution in [1.82, 2.24) is 0 Å².